The van der Waals surface area contributed by atoms with E-state index >= 15 is 0 Å². The highest BCUT2D eigenvalue weighted by molar-refractivity contribution is 8.00. The van der Waals surface area contributed by atoms with Crippen molar-refractivity contribution >= 4 is 40.9 Å². The highest BCUT2D eigenvalue weighted by atomic mass is 32.2. The minimum absolute atomic E-state index is 0.0879. The van der Waals surface area contributed by atoms with Gasteiger partial charge in [-0.05, 0) is 73.9 Å². The molecular formula is C27H35F2N5O2S. The fraction of sp³-hybridized carbons (Fsp3) is 0.556. The number of aromatic nitrogens is 1. The van der Waals surface area contributed by atoms with Crippen LogP contribution in [-0.2, 0) is 0 Å². The molecular weight excluding hydrogens is 496 g/mol. The van der Waals surface area contributed by atoms with Gasteiger partial charge < -0.3 is 24.9 Å². The minimum Gasteiger partial charge on any atom is -0.395 e. The van der Waals surface area contributed by atoms with E-state index in [1.807, 2.05) is 36.1 Å². The number of benzene rings is 1. The first-order chi connectivity index (χ1) is 17.8. The fourth-order valence-corrected chi connectivity index (χ4v) is 5.74. The number of rotatable bonds is 8. The molecule has 2 aromatic rings. The predicted molar refractivity (Wildman–Crippen MR) is 146 cm³/mol. The number of aliphatic hydroxyl groups excluding tert-OH is 1. The first-order valence-electron chi connectivity index (χ1n) is 13.1. The zero-order chi connectivity index (χ0) is 26.0. The summed E-state index contributed by atoms with van der Waals surface area (Å²) >= 11 is 1.42. The second-order valence-electron chi connectivity index (χ2n) is 10.6. The average Bonchev–Trinajstić information content (AvgIpc) is 3.62. The molecule has 1 aliphatic carbocycles. The Morgan fingerprint density at radius 1 is 1.03 bits per heavy atom. The number of nitrogens with one attached hydrogen (secondary N) is 2. The van der Waals surface area contributed by atoms with E-state index in [9.17, 15) is 13.6 Å². The number of nitrogens with zero attached hydrogens (tertiary/aromatic N) is 3. The summed E-state index contributed by atoms with van der Waals surface area (Å²) in [6.45, 7) is 4.31. The molecule has 3 heterocycles. The maximum Gasteiger partial charge on any atom is 0.258 e. The Bertz CT molecular complexity index is 1120. The number of halogens is 2. The molecule has 1 spiro atoms. The second kappa shape index (κ2) is 10.6. The Hall–Kier alpha value is -2.59. The molecule has 0 bridgehead atoms. The van der Waals surface area contributed by atoms with Crippen LogP contribution < -0.4 is 19.8 Å². The smallest absolute Gasteiger partial charge is 0.258 e. The molecule has 5 rings (SSSR count). The van der Waals surface area contributed by atoms with Crippen LogP contribution >= 0.6 is 11.9 Å². The van der Waals surface area contributed by atoms with Crippen LogP contribution in [0.25, 0.3) is 0 Å². The molecule has 1 aromatic carbocycles. The van der Waals surface area contributed by atoms with Gasteiger partial charge in [0.05, 0.1) is 17.9 Å². The van der Waals surface area contributed by atoms with Crippen molar-refractivity contribution in [2.45, 2.75) is 51.4 Å². The van der Waals surface area contributed by atoms with Crippen molar-refractivity contribution in [3.8, 4) is 0 Å². The Kier molecular flexibility index (Phi) is 7.49. The van der Waals surface area contributed by atoms with Crippen LogP contribution in [0, 0.1) is 12.3 Å². The number of piperidine rings is 2. The van der Waals surface area contributed by atoms with Crippen molar-refractivity contribution in [3.63, 3.8) is 0 Å². The Labute approximate surface area is 221 Å². The zero-order valence-corrected chi connectivity index (χ0v) is 22.0. The number of alkyl halides is 2. The van der Waals surface area contributed by atoms with Gasteiger partial charge in [-0.15, -0.1) is 0 Å². The van der Waals surface area contributed by atoms with Gasteiger partial charge in [-0.1, -0.05) is 11.9 Å². The van der Waals surface area contributed by atoms with Crippen molar-refractivity contribution in [2.24, 2.45) is 5.41 Å². The summed E-state index contributed by atoms with van der Waals surface area (Å²) in [6.07, 6.45) is 4.52. The summed E-state index contributed by atoms with van der Waals surface area (Å²) in [4.78, 5) is 22.3. The number of hydrogen-bond donors (Lipinski definition) is 3. The first-order valence-corrected chi connectivity index (χ1v) is 14.1. The lowest BCUT2D eigenvalue weighted by molar-refractivity contribution is -0.0221. The molecule has 2 aliphatic heterocycles. The molecule has 3 aliphatic rings. The molecule has 0 atom stereocenters. The number of carbonyl (C=O) groups is 1. The van der Waals surface area contributed by atoms with Crippen molar-refractivity contribution in [3.05, 3.63) is 41.5 Å². The highest BCUT2D eigenvalue weighted by Crippen LogP contribution is 2.54. The predicted octanol–water partition coefficient (Wildman–Crippen LogP) is 5.31. The number of aryl methyl sites for hydroxylation is 1. The van der Waals surface area contributed by atoms with Gasteiger partial charge in [0.15, 0.2) is 0 Å². The summed E-state index contributed by atoms with van der Waals surface area (Å²) in [5.41, 5.74) is 3.77. The lowest BCUT2D eigenvalue weighted by Crippen LogP contribution is -2.39. The van der Waals surface area contributed by atoms with Crippen LogP contribution in [0.3, 0.4) is 0 Å². The molecule has 10 heteroatoms. The first kappa shape index (κ1) is 26.0. The summed E-state index contributed by atoms with van der Waals surface area (Å²) in [7, 11) is 0. The van der Waals surface area contributed by atoms with Crippen LogP contribution in [0.1, 0.15) is 54.4 Å². The van der Waals surface area contributed by atoms with Gasteiger partial charge >= 0.3 is 0 Å². The quantitative estimate of drug-likeness (QED) is 0.315. The number of pyridine rings is 1. The number of carbonyl (C=O) groups excluding carboxylic acids is 1. The van der Waals surface area contributed by atoms with E-state index in [1.165, 1.54) is 24.8 Å². The van der Waals surface area contributed by atoms with E-state index in [2.05, 4.69) is 19.9 Å². The number of aliphatic hydroxyl groups is 1. The lowest BCUT2D eigenvalue weighted by atomic mass is 9.93. The molecule has 1 saturated carbocycles. The van der Waals surface area contributed by atoms with Gasteiger partial charge in [0, 0.05) is 50.5 Å². The molecule has 0 radical (unpaired) electrons. The lowest BCUT2D eigenvalue weighted by Gasteiger charge is -2.35. The Morgan fingerprint density at radius 3 is 2.41 bits per heavy atom. The van der Waals surface area contributed by atoms with Gasteiger partial charge in [0.2, 0.25) is 0 Å². The monoisotopic (exact) mass is 531 g/mol. The van der Waals surface area contributed by atoms with E-state index in [0.717, 1.165) is 42.9 Å². The molecule has 2 saturated heterocycles. The van der Waals surface area contributed by atoms with Crippen LogP contribution in [0.5, 0.6) is 0 Å². The molecule has 200 valence electrons. The number of amides is 1. The van der Waals surface area contributed by atoms with E-state index in [1.54, 1.807) is 6.07 Å². The zero-order valence-electron chi connectivity index (χ0n) is 21.2. The fourth-order valence-electron chi connectivity index (χ4n) is 5.25. The minimum atomic E-state index is -2.63. The average molecular weight is 532 g/mol. The van der Waals surface area contributed by atoms with Gasteiger partial charge in [0.1, 0.15) is 11.6 Å². The summed E-state index contributed by atoms with van der Waals surface area (Å²) in [5, 5.41) is 12.1. The molecule has 1 aromatic heterocycles. The van der Waals surface area contributed by atoms with Crippen molar-refractivity contribution < 1.29 is 18.7 Å². The van der Waals surface area contributed by atoms with Crippen LogP contribution in [-0.4, -0.2) is 60.5 Å². The van der Waals surface area contributed by atoms with Crippen LogP contribution in [0.4, 0.5) is 31.8 Å². The second-order valence-corrected chi connectivity index (χ2v) is 11.5. The maximum atomic E-state index is 13.6. The van der Waals surface area contributed by atoms with Crippen molar-refractivity contribution in [1.29, 1.82) is 0 Å². The molecule has 0 unspecified atom stereocenters. The number of hydrogen-bond acceptors (Lipinski definition) is 7. The van der Waals surface area contributed by atoms with Gasteiger partial charge in [-0.25, -0.2) is 13.8 Å². The Balaban J connectivity index is 1.35. The third-order valence-corrected chi connectivity index (χ3v) is 8.53. The third-order valence-electron chi connectivity index (χ3n) is 7.76. The highest BCUT2D eigenvalue weighted by Gasteiger charge is 2.44. The summed E-state index contributed by atoms with van der Waals surface area (Å²) in [6, 6.07) is 9.39. The van der Waals surface area contributed by atoms with Crippen molar-refractivity contribution in [1.82, 2.24) is 4.98 Å². The standard InChI is InChI=1S/C27H35F2N5O2S/c1-19-16-23(30-24(17-19)34-12-8-27(28,29)9-13-34)31-25(36)21-3-2-20(32-37-15-14-35)18-22(21)33-10-6-26(4-5-26)7-11-33/h2-3,16-18,32,35H,4-15H2,1H3,(H,30,31,36). The SMILES string of the molecule is Cc1cc(NC(=O)c2ccc(NSCCO)cc2N2CCC3(CC2)CC3)nc(N2CCC(F)(F)CC2)c1. The molecule has 7 nitrogen and oxygen atoms in total. The van der Waals surface area contributed by atoms with Crippen LogP contribution in [0.15, 0.2) is 30.3 Å². The molecule has 3 N–H and O–H groups in total. The van der Waals surface area contributed by atoms with Gasteiger partial charge in [-0.3, -0.25) is 4.79 Å². The molecule has 37 heavy (non-hydrogen) atoms. The van der Waals surface area contributed by atoms with E-state index in [0.29, 0.717) is 28.4 Å². The van der Waals surface area contributed by atoms with E-state index in [-0.39, 0.29) is 38.4 Å². The maximum absolute atomic E-state index is 13.6. The normalized spacial score (nSPS) is 20.1. The summed E-state index contributed by atoms with van der Waals surface area (Å²) < 4.78 is 30.5. The van der Waals surface area contributed by atoms with Crippen molar-refractivity contribution in [2.75, 3.05) is 58.4 Å². The summed E-state index contributed by atoms with van der Waals surface area (Å²) in [5.74, 6) is -1.28. The van der Waals surface area contributed by atoms with Gasteiger partial charge in [0.25, 0.3) is 11.8 Å². The topological polar surface area (TPSA) is 80.7 Å². The largest absolute Gasteiger partial charge is 0.395 e. The number of anilines is 4. The third kappa shape index (κ3) is 6.29. The van der Waals surface area contributed by atoms with E-state index < -0.39 is 5.92 Å². The van der Waals surface area contributed by atoms with E-state index in [4.69, 9.17) is 5.11 Å². The molecule has 1 amide bonds. The van der Waals surface area contributed by atoms with Crippen LogP contribution in [0.2, 0.25) is 0 Å². The Morgan fingerprint density at radius 2 is 1.73 bits per heavy atom. The van der Waals surface area contributed by atoms with Gasteiger partial charge in [-0.2, -0.15) is 0 Å². The molecule has 3 fully saturated rings.